The van der Waals surface area contributed by atoms with E-state index < -0.39 is 0 Å². The predicted octanol–water partition coefficient (Wildman–Crippen LogP) is 2.48. The Labute approximate surface area is 89.9 Å². The molecule has 0 heterocycles. The fourth-order valence-corrected chi connectivity index (χ4v) is 1.52. The van der Waals surface area contributed by atoms with Crippen LogP contribution in [0.5, 0.6) is 0 Å². The fraction of sp³-hybridized carbons (Fsp3) is 1.00. The van der Waals surface area contributed by atoms with Gasteiger partial charge in [-0.2, -0.15) is 0 Å². The van der Waals surface area contributed by atoms with E-state index in [0.29, 0.717) is 12.1 Å². The first-order chi connectivity index (χ1) is 6.16. The molecular formula is C12H28N2. The van der Waals surface area contributed by atoms with Crippen LogP contribution in [0.25, 0.3) is 0 Å². The summed E-state index contributed by atoms with van der Waals surface area (Å²) >= 11 is 0. The van der Waals surface area contributed by atoms with E-state index >= 15 is 0 Å². The van der Waals surface area contributed by atoms with Crippen molar-refractivity contribution >= 4 is 0 Å². The first-order valence-electron chi connectivity index (χ1n) is 5.67. The van der Waals surface area contributed by atoms with Gasteiger partial charge in [-0.1, -0.05) is 20.8 Å². The van der Waals surface area contributed by atoms with Crippen molar-refractivity contribution in [3.63, 3.8) is 0 Å². The molecule has 0 spiro atoms. The van der Waals surface area contributed by atoms with Gasteiger partial charge in [0, 0.05) is 24.7 Å². The SMILES string of the molecule is CC(C)N(C[C@@H](N)C(C)(C)C)C(C)C. The van der Waals surface area contributed by atoms with Crippen LogP contribution in [0.15, 0.2) is 0 Å². The van der Waals surface area contributed by atoms with Gasteiger partial charge in [0.1, 0.15) is 0 Å². The number of nitrogens with two attached hydrogens (primary N) is 1. The van der Waals surface area contributed by atoms with E-state index in [0.717, 1.165) is 6.54 Å². The maximum absolute atomic E-state index is 6.19. The van der Waals surface area contributed by atoms with Crippen molar-refractivity contribution in [3.05, 3.63) is 0 Å². The smallest absolute Gasteiger partial charge is 0.0217 e. The molecule has 0 rings (SSSR count). The second kappa shape index (κ2) is 5.13. The van der Waals surface area contributed by atoms with E-state index in [4.69, 9.17) is 5.73 Å². The zero-order chi connectivity index (χ0) is 11.5. The number of hydrogen-bond acceptors (Lipinski definition) is 2. The highest BCUT2D eigenvalue weighted by Crippen LogP contribution is 2.19. The van der Waals surface area contributed by atoms with E-state index in [1.807, 2.05) is 0 Å². The van der Waals surface area contributed by atoms with Crippen LogP contribution in [0.4, 0.5) is 0 Å². The van der Waals surface area contributed by atoms with Crippen LogP contribution in [0.3, 0.4) is 0 Å². The topological polar surface area (TPSA) is 29.3 Å². The molecule has 2 N–H and O–H groups in total. The Hall–Kier alpha value is -0.0800. The van der Waals surface area contributed by atoms with Crippen LogP contribution in [0.2, 0.25) is 0 Å². The van der Waals surface area contributed by atoms with Crippen molar-refractivity contribution in [2.24, 2.45) is 11.1 Å². The zero-order valence-electron chi connectivity index (χ0n) is 11.0. The molecule has 0 aliphatic carbocycles. The van der Waals surface area contributed by atoms with Crippen molar-refractivity contribution in [2.45, 2.75) is 66.6 Å². The second-order valence-electron chi connectivity index (χ2n) is 5.86. The summed E-state index contributed by atoms with van der Waals surface area (Å²) in [5.74, 6) is 0. The first-order valence-corrected chi connectivity index (χ1v) is 5.67. The van der Waals surface area contributed by atoms with E-state index in [1.165, 1.54) is 0 Å². The van der Waals surface area contributed by atoms with Crippen molar-refractivity contribution in [2.75, 3.05) is 6.54 Å². The van der Waals surface area contributed by atoms with Gasteiger partial charge in [0.25, 0.3) is 0 Å². The Bertz CT molecular complexity index is 148. The molecule has 0 bridgehead atoms. The Morgan fingerprint density at radius 3 is 1.57 bits per heavy atom. The first kappa shape index (κ1) is 13.9. The van der Waals surface area contributed by atoms with E-state index in [-0.39, 0.29) is 11.5 Å². The Balaban J connectivity index is 4.31. The molecular weight excluding hydrogens is 172 g/mol. The standard InChI is InChI=1S/C12H28N2/c1-9(2)14(10(3)4)8-11(13)12(5,6)7/h9-11H,8,13H2,1-7H3/t11-/m1/s1. The number of rotatable bonds is 4. The van der Waals surface area contributed by atoms with Crippen LogP contribution in [-0.2, 0) is 0 Å². The largest absolute Gasteiger partial charge is 0.326 e. The molecule has 0 aliphatic heterocycles. The lowest BCUT2D eigenvalue weighted by Crippen LogP contribution is -2.49. The molecule has 0 fully saturated rings. The lowest BCUT2D eigenvalue weighted by atomic mass is 9.87. The van der Waals surface area contributed by atoms with Gasteiger partial charge in [-0.25, -0.2) is 0 Å². The Morgan fingerprint density at radius 1 is 1.00 bits per heavy atom. The predicted molar refractivity (Wildman–Crippen MR) is 64.4 cm³/mol. The molecule has 0 aromatic rings. The third kappa shape index (κ3) is 4.43. The fourth-order valence-electron chi connectivity index (χ4n) is 1.52. The normalized spacial score (nSPS) is 15.6. The summed E-state index contributed by atoms with van der Waals surface area (Å²) < 4.78 is 0. The zero-order valence-corrected chi connectivity index (χ0v) is 11.0. The molecule has 0 radical (unpaired) electrons. The summed E-state index contributed by atoms with van der Waals surface area (Å²) in [6, 6.07) is 1.39. The van der Waals surface area contributed by atoms with Gasteiger partial charge >= 0.3 is 0 Å². The van der Waals surface area contributed by atoms with Crippen LogP contribution in [-0.4, -0.2) is 29.6 Å². The molecule has 14 heavy (non-hydrogen) atoms. The number of hydrogen-bond donors (Lipinski definition) is 1. The van der Waals surface area contributed by atoms with Crippen molar-refractivity contribution in [3.8, 4) is 0 Å². The van der Waals surface area contributed by atoms with Crippen LogP contribution < -0.4 is 5.73 Å². The molecule has 0 amide bonds. The van der Waals surface area contributed by atoms with Gasteiger partial charge in [0.2, 0.25) is 0 Å². The molecule has 0 aliphatic rings. The molecule has 0 saturated carbocycles. The van der Waals surface area contributed by atoms with E-state index in [9.17, 15) is 0 Å². The van der Waals surface area contributed by atoms with Gasteiger partial charge in [-0.05, 0) is 33.1 Å². The van der Waals surface area contributed by atoms with Crippen LogP contribution in [0.1, 0.15) is 48.5 Å². The minimum absolute atomic E-state index is 0.196. The average Bonchev–Trinajstić information content (AvgIpc) is 1.96. The summed E-state index contributed by atoms with van der Waals surface area (Å²) in [6.45, 7) is 16.5. The van der Waals surface area contributed by atoms with Crippen LogP contribution >= 0.6 is 0 Å². The molecule has 0 unspecified atom stereocenters. The maximum atomic E-state index is 6.19. The molecule has 0 aromatic heterocycles. The molecule has 0 aromatic carbocycles. The summed E-state index contributed by atoms with van der Waals surface area (Å²) in [7, 11) is 0. The average molecular weight is 200 g/mol. The lowest BCUT2D eigenvalue weighted by molar-refractivity contribution is 0.133. The van der Waals surface area contributed by atoms with Crippen molar-refractivity contribution in [1.29, 1.82) is 0 Å². The minimum Gasteiger partial charge on any atom is -0.326 e. The summed E-state index contributed by atoms with van der Waals surface area (Å²) in [5, 5.41) is 0. The molecule has 2 nitrogen and oxygen atoms in total. The summed E-state index contributed by atoms with van der Waals surface area (Å²) in [5.41, 5.74) is 6.38. The molecule has 2 heteroatoms. The number of nitrogens with zero attached hydrogens (tertiary/aromatic N) is 1. The van der Waals surface area contributed by atoms with Gasteiger partial charge < -0.3 is 5.73 Å². The van der Waals surface area contributed by atoms with Gasteiger partial charge in [-0.15, -0.1) is 0 Å². The van der Waals surface area contributed by atoms with Gasteiger partial charge in [0.15, 0.2) is 0 Å². The highest BCUT2D eigenvalue weighted by atomic mass is 15.2. The monoisotopic (exact) mass is 200 g/mol. The van der Waals surface area contributed by atoms with Crippen molar-refractivity contribution < 1.29 is 0 Å². The van der Waals surface area contributed by atoms with Gasteiger partial charge in [-0.3, -0.25) is 4.90 Å². The van der Waals surface area contributed by atoms with E-state index in [2.05, 4.69) is 53.4 Å². The second-order valence-corrected chi connectivity index (χ2v) is 5.86. The highest BCUT2D eigenvalue weighted by Gasteiger charge is 2.25. The Kier molecular flexibility index (Phi) is 5.10. The molecule has 0 saturated heterocycles. The third-order valence-corrected chi connectivity index (χ3v) is 2.85. The highest BCUT2D eigenvalue weighted by molar-refractivity contribution is 4.82. The molecule has 1 atom stereocenters. The van der Waals surface area contributed by atoms with Crippen molar-refractivity contribution in [1.82, 2.24) is 4.90 Å². The van der Waals surface area contributed by atoms with Gasteiger partial charge in [0.05, 0.1) is 0 Å². The maximum Gasteiger partial charge on any atom is 0.0217 e. The molecule has 86 valence electrons. The minimum atomic E-state index is 0.196. The van der Waals surface area contributed by atoms with Crippen LogP contribution in [0, 0.1) is 5.41 Å². The Morgan fingerprint density at radius 2 is 1.36 bits per heavy atom. The quantitative estimate of drug-likeness (QED) is 0.755. The van der Waals surface area contributed by atoms with E-state index in [1.54, 1.807) is 0 Å². The summed E-state index contributed by atoms with van der Waals surface area (Å²) in [4.78, 5) is 2.45. The third-order valence-electron chi connectivity index (χ3n) is 2.85. The lowest BCUT2D eigenvalue weighted by Gasteiger charge is -2.37. The summed E-state index contributed by atoms with van der Waals surface area (Å²) in [6.07, 6.45) is 0.